The van der Waals surface area contributed by atoms with E-state index in [9.17, 15) is 0 Å². The second-order valence-corrected chi connectivity index (χ2v) is 6.71. The van der Waals surface area contributed by atoms with E-state index >= 15 is 0 Å². The Morgan fingerprint density at radius 2 is 1.82 bits per heavy atom. The summed E-state index contributed by atoms with van der Waals surface area (Å²) in [4.78, 5) is 7.77. The summed E-state index contributed by atoms with van der Waals surface area (Å²) in [5.41, 5.74) is 2.68. The van der Waals surface area contributed by atoms with Crippen LogP contribution in [0.3, 0.4) is 0 Å². The van der Waals surface area contributed by atoms with E-state index in [1.165, 1.54) is 50.5 Å². The first-order valence-corrected chi connectivity index (χ1v) is 8.81. The number of rotatable bonds is 6. The summed E-state index contributed by atoms with van der Waals surface area (Å²) in [6.45, 7) is 20.1. The van der Waals surface area contributed by atoms with E-state index in [-0.39, 0.29) is 0 Å². The van der Waals surface area contributed by atoms with Gasteiger partial charge in [-0.1, -0.05) is 25.7 Å². The van der Waals surface area contributed by atoms with Crippen LogP contribution in [0.2, 0.25) is 0 Å². The number of allylic oxidation sites excluding steroid dienone is 4. The first-order valence-electron chi connectivity index (χ1n) is 8.81. The van der Waals surface area contributed by atoms with E-state index in [1.54, 1.807) is 0 Å². The molecule has 0 saturated carbocycles. The fraction of sp³-hybridized carbons (Fsp3) is 0.684. The minimum Gasteiger partial charge on any atom is -0.369 e. The Bertz CT molecular complexity index is 422. The van der Waals surface area contributed by atoms with Crippen LogP contribution in [-0.2, 0) is 0 Å². The van der Waals surface area contributed by atoms with Gasteiger partial charge in [0.1, 0.15) is 0 Å². The second-order valence-electron chi connectivity index (χ2n) is 6.71. The lowest BCUT2D eigenvalue weighted by Crippen LogP contribution is -2.62. The Labute approximate surface area is 137 Å². The fourth-order valence-electron chi connectivity index (χ4n) is 3.37. The Kier molecular flexibility index (Phi) is 6.27. The van der Waals surface area contributed by atoms with Gasteiger partial charge >= 0.3 is 0 Å². The molecular weight excluding hydrogens is 270 g/mol. The van der Waals surface area contributed by atoms with Crippen LogP contribution in [0.25, 0.3) is 0 Å². The lowest BCUT2D eigenvalue weighted by Gasteiger charge is -2.50. The first-order chi connectivity index (χ1) is 10.6. The third-order valence-electron chi connectivity index (χ3n) is 5.12. The van der Waals surface area contributed by atoms with E-state index in [4.69, 9.17) is 0 Å². The van der Waals surface area contributed by atoms with Crippen LogP contribution in [0, 0.1) is 0 Å². The molecule has 0 N–H and O–H groups in total. The van der Waals surface area contributed by atoms with Crippen molar-refractivity contribution >= 4 is 0 Å². The van der Waals surface area contributed by atoms with Gasteiger partial charge in [-0.2, -0.15) is 0 Å². The molecule has 2 aliphatic rings. The van der Waals surface area contributed by atoms with Gasteiger partial charge in [-0.05, 0) is 38.8 Å². The van der Waals surface area contributed by atoms with Crippen LogP contribution in [0.4, 0.5) is 0 Å². The quantitative estimate of drug-likeness (QED) is 0.698. The third-order valence-corrected chi connectivity index (χ3v) is 5.12. The van der Waals surface area contributed by atoms with E-state index in [2.05, 4.69) is 61.1 Å². The highest BCUT2D eigenvalue weighted by atomic mass is 15.4. The molecular formula is C19H33N3. The molecule has 2 saturated heterocycles. The first kappa shape index (κ1) is 17.3. The van der Waals surface area contributed by atoms with Gasteiger partial charge in [0.2, 0.25) is 0 Å². The van der Waals surface area contributed by atoms with Crippen LogP contribution < -0.4 is 0 Å². The van der Waals surface area contributed by atoms with E-state index < -0.39 is 0 Å². The van der Waals surface area contributed by atoms with Crippen molar-refractivity contribution < 1.29 is 0 Å². The third kappa shape index (κ3) is 4.02. The Morgan fingerprint density at radius 3 is 2.27 bits per heavy atom. The van der Waals surface area contributed by atoms with Crippen molar-refractivity contribution in [2.75, 3.05) is 39.3 Å². The predicted octanol–water partition coefficient (Wildman–Crippen LogP) is 3.12. The van der Waals surface area contributed by atoms with Crippen molar-refractivity contribution in [3.63, 3.8) is 0 Å². The number of piperazine rings is 1. The van der Waals surface area contributed by atoms with E-state index in [0.717, 1.165) is 12.5 Å². The van der Waals surface area contributed by atoms with Gasteiger partial charge < -0.3 is 4.90 Å². The topological polar surface area (TPSA) is 9.72 Å². The average molecular weight is 303 g/mol. The maximum atomic E-state index is 3.91. The molecule has 0 aromatic rings. The molecule has 3 heteroatoms. The summed E-state index contributed by atoms with van der Waals surface area (Å²) in [5, 5.41) is 0. The van der Waals surface area contributed by atoms with Gasteiger partial charge in [0.25, 0.3) is 0 Å². The van der Waals surface area contributed by atoms with Gasteiger partial charge in [-0.25, -0.2) is 0 Å². The normalized spacial score (nSPS) is 23.0. The molecule has 0 aromatic carbocycles. The van der Waals surface area contributed by atoms with E-state index in [0.29, 0.717) is 6.04 Å². The van der Waals surface area contributed by atoms with Crippen LogP contribution in [0.15, 0.2) is 36.1 Å². The summed E-state index contributed by atoms with van der Waals surface area (Å²) in [6.07, 6.45) is 7.55. The molecule has 0 aromatic heterocycles. The minimum absolute atomic E-state index is 0.686. The Balaban J connectivity index is 1.82. The van der Waals surface area contributed by atoms with Crippen LogP contribution in [0.5, 0.6) is 0 Å². The Hall–Kier alpha value is -1.06. The minimum atomic E-state index is 0.686. The van der Waals surface area contributed by atoms with Crippen molar-refractivity contribution in [2.24, 2.45) is 0 Å². The summed E-state index contributed by atoms with van der Waals surface area (Å²) < 4.78 is 0. The fourth-order valence-corrected chi connectivity index (χ4v) is 3.37. The second kappa shape index (κ2) is 7.98. The zero-order chi connectivity index (χ0) is 16.1. The molecule has 0 radical (unpaired) electrons. The molecule has 124 valence electrons. The highest BCUT2D eigenvalue weighted by Crippen LogP contribution is 2.23. The lowest BCUT2D eigenvalue weighted by atomic mass is 10.0. The smallest absolute Gasteiger partial charge is 0.0447 e. The SMILES string of the molecule is C=C/C(=C\C(=C/C)N1CC(N2CCN(C(C)C)CC2)C1)CC. The molecule has 2 aliphatic heterocycles. The molecule has 0 amide bonds. The van der Waals surface area contributed by atoms with Crippen LogP contribution in [0.1, 0.15) is 34.1 Å². The van der Waals surface area contributed by atoms with Crippen molar-refractivity contribution in [1.29, 1.82) is 0 Å². The molecule has 0 aliphatic carbocycles. The maximum absolute atomic E-state index is 3.91. The van der Waals surface area contributed by atoms with Gasteiger partial charge in [0.05, 0.1) is 0 Å². The molecule has 0 spiro atoms. The lowest BCUT2D eigenvalue weighted by molar-refractivity contribution is 0.0157. The molecule has 2 heterocycles. The molecule has 0 unspecified atom stereocenters. The van der Waals surface area contributed by atoms with Crippen molar-refractivity contribution in [3.8, 4) is 0 Å². The van der Waals surface area contributed by atoms with Gasteiger partial charge in [0, 0.05) is 57.0 Å². The van der Waals surface area contributed by atoms with Crippen molar-refractivity contribution in [3.05, 3.63) is 36.1 Å². The number of hydrogen-bond acceptors (Lipinski definition) is 3. The average Bonchev–Trinajstić information content (AvgIpc) is 2.49. The monoisotopic (exact) mass is 303 g/mol. The summed E-state index contributed by atoms with van der Waals surface area (Å²) >= 11 is 0. The summed E-state index contributed by atoms with van der Waals surface area (Å²) in [6, 6.07) is 1.43. The highest BCUT2D eigenvalue weighted by molar-refractivity contribution is 5.29. The number of hydrogen-bond donors (Lipinski definition) is 0. The van der Waals surface area contributed by atoms with Gasteiger partial charge in [0.15, 0.2) is 0 Å². The number of likely N-dealkylation sites (tertiary alicyclic amines) is 1. The molecule has 3 nitrogen and oxygen atoms in total. The molecule has 2 fully saturated rings. The number of nitrogens with zero attached hydrogens (tertiary/aromatic N) is 3. The van der Waals surface area contributed by atoms with Gasteiger partial charge in [-0.3, -0.25) is 9.80 Å². The molecule has 0 atom stereocenters. The largest absolute Gasteiger partial charge is 0.369 e. The summed E-state index contributed by atoms with van der Waals surface area (Å²) in [5.74, 6) is 0. The van der Waals surface area contributed by atoms with Crippen molar-refractivity contribution in [1.82, 2.24) is 14.7 Å². The van der Waals surface area contributed by atoms with Crippen molar-refractivity contribution in [2.45, 2.75) is 46.2 Å². The predicted molar refractivity (Wildman–Crippen MR) is 96.0 cm³/mol. The maximum Gasteiger partial charge on any atom is 0.0447 e. The van der Waals surface area contributed by atoms with Crippen LogP contribution >= 0.6 is 0 Å². The Morgan fingerprint density at radius 1 is 1.18 bits per heavy atom. The molecule has 22 heavy (non-hydrogen) atoms. The summed E-state index contributed by atoms with van der Waals surface area (Å²) in [7, 11) is 0. The molecule has 0 bridgehead atoms. The molecule has 2 rings (SSSR count). The van der Waals surface area contributed by atoms with Crippen LogP contribution in [-0.4, -0.2) is 66.1 Å². The zero-order valence-corrected chi connectivity index (χ0v) is 14.9. The van der Waals surface area contributed by atoms with Gasteiger partial charge in [-0.15, -0.1) is 0 Å². The highest BCUT2D eigenvalue weighted by Gasteiger charge is 2.34. The van der Waals surface area contributed by atoms with E-state index in [1.807, 2.05) is 6.08 Å². The standard InChI is InChI=1S/C19H33N3/c1-6-17(7-2)13-18(8-3)22-14-19(15-22)21-11-9-20(10-12-21)16(4)5/h6,8,13,16,19H,1,7,9-12,14-15H2,2-5H3/b17-13+,18-8+. The zero-order valence-electron chi connectivity index (χ0n) is 14.9.